The molecule has 1 N–H and O–H groups in total. The van der Waals surface area contributed by atoms with E-state index in [1.165, 1.54) is 5.56 Å². The van der Waals surface area contributed by atoms with Crippen molar-refractivity contribution in [3.05, 3.63) is 17.2 Å². The van der Waals surface area contributed by atoms with Crippen LogP contribution in [0.1, 0.15) is 11.1 Å². The quantitative estimate of drug-likeness (QED) is 0.823. The second kappa shape index (κ2) is 4.22. The molecule has 1 aliphatic heterocycles. The first kappa shape index (κ1) is 11.1. The topological polar surface area (TPSA) is 41.9 Å². The lowest BCUT2D eigenvalue weighted by molar-refractivity contribution is 0.290. The molecule has 0 unspecified atom stereocenters. The van der Waals surface area contributed by atoms with Crippen molar-refractivity contribution in [3.8, 4) is 17.2 Å². The lowest BCUT2D eigenvalue weighted by atomic mass is 9.98. The number of methoxy groups -OCH3 is 2. The molecule has 1 heterocycles. The van der Waals surface area contributed by atoms with E-state index in [-0.39, 0.29) is 5.75 Å². The van der Waals surface area contributed by atoms with Gasteiger partial charge in [-0.15, -0.1) is 0 Å². The van der Waals surface area contributed by atoms with Crippen molar-refractivity contribution in [1.82, 2.24) is 4.90 Å². The molecule has 0 aromatic heterocycles. The summed E-state index contributed by atoms with van der Waals surface area (Å²) in [6, 6.07) is 1.90. The standard InChI is InChI=1S/C12H17NO3/c1-13-5-4-8-6-10(15-2)11(14)12(16-3)9(8)7-13/h6,14H,4-5,7H2,1-3H3. The average molecular weight is 223 g/mol. The van der Waals surface area contributed by atoms with E-state index in [1.807, 2.05) is 6.07 Å². The van der Waals surface area contributed by atoms with Gasteiger partial charge in [0.1, 0.15) is 0 Å². The Balaban J connectivity index is 2.55. The number of benzene rings is 1. The van der Waals surface area contributed by atoms with Crippen LogP contribution in [0, 0.1) is 0 Å². The second-order valence-corrected chi connectivity index (χ2v) is 4.09. The van der Waals surface area contributed by atoms with E-state index >= 15 is 0 Å². The summed E-state index contributed by atoms with van der Waals surface area (Å²) in [5.41, 5.74) is 2.26. The zero-order chi connectivity index (χ0) is 11.7. The maximum atomic E-state index is 9.96. The number of fused-ring (bicyclic) bond motifs is 1. The van der Waals surface area contributed by atoms with Gasteiger partial charge < -0.3 is 19.5 Å². The minimum Gasteiger partial charge on any atom is -0.502 e. The Labute approximate surface area is 95.4 Å². The van der Waals surface area contributed by atoms with Gasteiger partial charge in [0.05, 0.1) is 14.2 Å². The Bertz CT molecular complexity index is 404. The van der Waals surface area contributed by atoms with Gasteiger partial charge in [-0.2, -0.15) is 0 Å². The maximum absolute atomic E-state index is 9.96. The molecule has 2 rings (SSSR count). The number of aromatic hydroxyl groups is 1. The van der Waals surface area contributed by atoms with Gasteiger partial charge in [-0.25, -0.2) is 0 Å². The number of ether oxygens (including phenoxy) is 2. The molecule has 4 nitrogen and oxygen atoms in total. The largest absolute Gasteiger partial charge is 0.502 e. The van der Waals surface area contributed by atoms with Gasteiger partial charge in [-0.05, 0) is 25.1 Å². The number of nitrogens with zero attached hydrogens (tertiary/aromatic N) is 1. The SMILES string of the molecule is COc1cc2c(c(OC)c1O)CN(C)CC2. The number of rotatable bonds is 2. The van der Waals surface area contributed by atoms with Crippen LogP contribution in [0.25, 0.3) is 0 Å². The predicted octanol–water partition coefficient (Wildman–Crippen LogP) is 1.40. The molecule has 0 fully saturated rings. The van der Waals surface area contributed by atoms with E-state index in [0.29, 0.717) is 11.5 Å². The Morgan fingerprint density at radius 1 is 1.31 bits per heavy atom. The third-order valence-corrected chi connectivity index (χ3v) is 3.03. The van der Waals surface area contributed by atoms with Crippen molar-refractivity contribution in [2.45, 2.75) is 13.0 Å². The van der Waals surface area contributed by atoms with E-state index in [9.17, 15) is 5.11 Å². The van der Waals surface area contributed by atoms with Gasteiger partial charge >= 0.3 is 0 Å². The first-order valence-electron chi connectivity index (χ1n) is 5.31. The lowest BCUT2D eigenvalue weighted by Gasteiger charge is -2.27. The van der Waals surface area contributed by atoms with Crippen LogP contribution >= 0.6 is 0 Å². The van der Waals surface area contributed by atoms with Crippen molar-refractivity contribution >= 4 is 0 Å². The first-order chi connectivity index (χ1) is 7.67. The fraction of sp³-hybridized carbons (Fsp3) is 0.500. The highest BCUT2D eigenvalue weighted by molar-refractivity contribution is 5.58. The molecule has 1 aromatic carbocycles. The Morgan fingerprint density at radius 2 is 2.06 bits per heavy atom. The van der Waals surface area contributed by atoms with Crippen molar-refractivity contribution < 1.29 is 14.6 Å². The molecule has 1 aromatic rings. The molecule has 16 heavy (non-hydrogen) atoms. The molecule has 0 spiro atoms. The number of hydrogen-bond donors (Lipinski definition) is 1. The smallest absolute Gasteiger partial charge is 0.201 e. The fourth-order valence-electron chi connectivity index (χ4n) is 2.15. The molecule has 0 saturated carbocycles. The van der Waals surface area contributed by atoms with Crippen LogP contribution in [-0.4, -0.2) is 37.8 Å². The van der Waals surface area contributed by atoms with Gasteiger partial charge in [0.15, 0.2) is 11.5 Å². The minimum atomic E-state index is 0.0963. The summed E-state index contributed by atoms with van der Waals surface area (Å²) in [7, 11) is 5.18. The first-order valence-corrected chi connectivity index (χ1v) is 5.31. The van der Waals surface area contributed by atoms with Crippen LogP contribution in [0.5, 0.6) is 17.2 Å². The lowest BCUT2D eigenvalue weighted by Crippen LogP contribution is -2.27. The minimum absolute atomic E-state index is 0.0963. The molecule has 1 aliphatic rings. The van der Waals surface area contributed by atoms with Crippen LogP contribution in [-0.2, 0) is 13.0 Å². The molecule has 88 valence electrons. The number of phenols is 1. The highest BCUT2D eigenvalue weighted by Gasteiger charge is 2.23. The Hall–Kier alpha value is -1.42. The van der Waals surface area contributed by atoms with Crippen LogP contribution in [0.4, 0.5) is 0 Å². The van der Waals surface area contributed by atoms with Crippen molar-refractivity contribution in [2.24, 2.45) is 0 Å². The molecule has 4 heteroatoms. The highest BCUT2D eigenvalue weighted by Crippen LogP contribution is 2.42. The van der Waals surface area contributed by atoms with E-state index in [0.717, 1.165) is 25.1 Å². The summed E-state index contributed by atoms with van der Waals surface area (Å²) < 4.78 is 10.4. The third-order valence-electron chi connectivity index (χ3n) is 3.03. The van der Waals surface area contributed by atoms with Crippen LogP contribution in [0.3, 0.4) is 0 Å². The highest BCUT2D eigenvalue weighted by atomic mass is 16.5. The maximum Gasteiger partial charge on any atom is 0.201 e. The number of likely N-dealkylation sites (N-methyl/N-ethyl adjacent to an activating group) is 1. The summed E-state index contributed by atoms with van der Waals surface area (Å²) in [4.78, 5) is 2.21. The van der Waals surface area contributed by atoms with Crippen LogP contribution in [0.15, 0.2) is 6.07 Å². The zero-order valence-corrected chi connectivity index (χ0v) is 9.91. The summed E-state index contributed by atoms with van der Waals surface area (Å²) in [6.45, 7) is 1.82. The molecular weight excluding hydrogens is 206 g/mol. The van der Waals surface area contributed by atoms with Crippen molar-refractivity contribution in [1.29, 1.82) is 0 Å². The fourth-order valence-corrected chi connectivity index (χ4v) is 2.15. The summed E-state index contributed by atoms with van der Waals surface area (Å²) in [5, 5.41) is 9.96. The molecule has 0 bridgehead atoms. The van der Waals surface area contributed by atoms with Gasteiger partial charge in [0, 0.05) is 18.7 Å². The van der Waals surface area contributed by atoms with Crippen molar-refractivity contribution in [2.75, 3.05) is 27.8 Å². The summed E-state index contributed by atoms with van der Waals surface area (Å²) in [5.74, 6) is 1.13. The normalized spacial score (nSPS) is 15.7. The van der Waals surface area contributed by atoms with Crippen LogP contribution in [0.2, 0.25) is 0 Å². The monoisotopic (exact) mass is 223 g/mol. The summed E-state index contributed by atoms with van der Waals surface area (Å²) >= 11 is 0. The zero-order valence-electron chi connectivity index (χ0n) is 9.91. The summed E-state index contributed by atoms with van der Waals surface area (Å²) in [6.07, 6.45) is 0.957. The second-order valence-electron chi connectivity index (χ2n) is 4.09. The van der Waals surface area contributed by atoms with Gasteiger partial charge in [0.25, 0.3) is 0 Å². The molecule has 0 saturated heterocycles. The molecular formula is C12H17NO3. The van der Waals surface area contributed by atoms with E-state index in [2.05, 4.69) is 11.9 Å². The van der Waals surface area contributed by atoms with E-state index < -0.39 is 0 Å². The molecule has 0 aliphatic carbocycles. The van der Waals surface area contributed by atoms with Gasteiger partial charge in [-0.3, -0.25) is 0 Å². The average Bonchev–Trinajstić information content (AvgIpc) is 2.28. The Morgan fingerprint density at radius 3 is 2.69 bits per heavy atom. The van der Waals surface area contributed by atoms with Crippen molar-refractivity contribution in [3.63, 3.8) is 0 Å². The molecule has 0 amide bonds. The number of hydrogen-bond acceptors (Lipinski definition) is 4. The van der Waals surface area contributed by atoms with E-state index in [4.69, 9.17) is 9.47 Å². The van der Waals surface area contributed by atoms with Gasteiger partial charge in [-0.1, -0.05) is 0 Å². The van der Waals surface area contributed by atoms with E-state index in [1.54, 1.807) is 14.2 Å². The predicted molar refractivity (Wildman–Crippen MR) is 61.2 cm³/mol. The Kier molecular flexibility index (Phi) is 2.92. The number of phenolic OH excluding ortho intramolecular Hbond substituents is 1. The third kappa shape index (κ3) is 1.69. The van der Waals surface area contributed by atoms with Gasteiger partial charge in [0.2, 0.25) is 5.75 Å². The van der Waals surface area contributed by atoms with Crippen LogP contribution < -0.4 is 9.47 Å². The molecule has 0 radical (unpaired) electrons. The molecule has 0 atom stereocenters.